The van der Waals surface area contributed by atoms with Gasteiger partial charge in [-0.15, -0.1) is 36.2 Å². The van der Waals surface area contributed by atoms with Crippen LogP contribution in [0.25, 0.3) is 0 Å². The van der Waals surface area contributed by atoms with Crippen LogP contribution in [0.1, 0.15) is 22.0 Å². The summed E-state index contributed by atoms with van der Waals surface area (Å²) in [7, 11) is 0. The van der Waals surface area contributed by atoms with Gasteiger partial charge in [0, 0.05) is 35.5 Å². The SMILES string of the molecule is Cl.Cl.FC(F)(F)c1cc(Br)cc([C@H](c2cccs2)N2CCNCC2)c1. The highest BCUT2D eigenvalue weighted by molar-refractivity contribution is 9.10. The molecule has 1 aromatic carbocycles. The normalized spacial score (nSPS) is 16.6. The predicted molar refractivity (Wildman–Crippen MR) is 104 cm³/mol. The van der Waals surface area contributed by atoms with E-state index in [1.807, 2.05) is 17.5 Å². The summed E-state index contributed by atoms with van der Waals surface area (Å²) in [4.78, 5) is 3.31. The molecule has 1 aliphatic heterocycles. The molecule has 1 saturated heterocycles. The molecule has 0 bridgehead atoms. The number of halogens is 6. The summed E-state index contributed by atoms with van der Waals surface area (Å²) in [6.45, 7) is 3.33. The molecule has 0 spiro atoms. The highest BCUT2D eigenvalue weighted by Gasteiger charge is 2.33. The highest BCUT2D eigenvalue weighted by atomic mass is 79.9. The average molecular weight is 478 g/mol. The third-order valence-electron chi connectivity index (χ3n) is 3.89. The second-order valence-corrected chi connectivity index (χ2v) is 7.37. The summed E-state index contributed by atoms with van der Waals surface area (Å²) in [6.07, 6.45) is -4.35. The molecule has 2 heterocycles. The standard InChI is InChI=1S/C16H16BrF3N2S.2ClH/c17-13-9-11(8-12(10-13)16(18,19)20)15(14-2-1-7-23-14)22-5-3-21-4-6-22;;/h1-2,7-10,15,21H,3-6H2;2*1H/t15-;;/m1../s1. The molecule has 2 aromatic rings. The van der Waals surface area contributed by atoms with E-state index in [0.29, 0.717) is 10.0 Å². The fraction of sp³-hybridized carbons (Fsp3) is 0.375. The Balaban J connectivity index is 0.00000156. The first-order valence-corrected chi connectivity index (χ1v) is 8.98. The van der Waals surface area contributed by atoms with Gasteiger partial charge in [0.25, 0.3) is 0 Å². The minimum absolute atomic E-state index is 0. The average Bonchev–Trinajstić information content (AvgIpc) is 3.01. The number of piperazine rings is 1. The zero-order valence-electron chi connectivity index (χ0n) is 13.1. The van der Waals surface area contributed by atoms with Gasteiger partial charge in [0.2, 0.25) is 0 Å². The predicted octanol–water partition coefficient (Wildman–Crippen LogP) is 5.37. The zero-order chi connectivity index (χ0) is 16.4. The lowest BCUT2D eigenvalue weighted by molar-refractivity contribution is -0.137. The van der Waals surface area contributed by atoms with Gasteiger partial charge in [0.15, 0.2) is 0 Å². The molecule has 9 heteroatoms. The topological polar surface area (TPSA) is 15.3 Å². The van der Waals surface area contributed by atoms with Gasteiger partial charge in [-0.25, -0.2) is 0 Å². The van der Waals surface area contributed by atoms with Crippen LogP contribution < -0.4 is 5.32 Å². The van der Waals surface area contributed by atoms with Crippen molar-refractivity contribution in [3.8, 4) is 0 Å². The first kappa shape index (κ1) is 22.7. The zero-order valence-corrected chi connectivity index (χ0v) is 17.1. The molecule has 140 valence electrons. The van der Waals surface area contributed by atoms with E-state index in [1.165, 1.54) is 6.07 Å². The first-order valence-electron chi connectivity index (χ1n) is 7.31. The lowest BCUT2D eigenvalue weighted by Crippen LogP contribution is -2.45. The molecular weight excluding hydrogens is 460 g/mol. The van der Waals surface area contributed by atoms with Crippen LogP contribution in [0, 0.1) is 0 Å². The van der Waals surface area contributed by atoms with E-state index in [4.69, 9.17) is 0 Å². The first-order chi connectivity index (χ1) is 10.9. The molecular formula is C16H18BrCl2F3N2S. The quantitative estimate of drug-likeness (QED) is 0.639. The van der Waals surface area contributed by atoms with Crippen molar-refractivity contribution in [2.45, 2.75) is 12.2 Å². The van der Waals surface area contributed by atoms with Crippen molar-refractivity contribution in [1.82, 2.24) is 10.2 Å². The van der Waals surface area contributed by atoms with E-state index in [-0.39, 0.29) is 30.9 Å². The van der Waals surface area contributed by atoms with Gasteiger partial charge >= 0.3 is 6.18 Å². The van der Waals surface area contributed by atoms with Gasteiger partial charge < -0.3 is 5.32 Å². The molecule has 1 atom stereocenters. The molecule has 0 aliphatic carbocycles. The largest absolute Gasteiger partial charge is 0.416 e. The summed E-state index contributed by atoms with van der Waals surface area (Å²) in [5.41, 5.74) is 0.0645. The lowest BCUT2D eigenvalue weighted by atomic mass is 10.00. The van der Waals surface area contributed by atoms with Gasteiger partial charge in [0.1, 0.15) is 0 Å². The summed E-state index contributed by atoms with van der Waals surface area (Å²) in [5, 5.41) is 5.25. The molecule has 1 fully saturated rings. The molecule has 0 radical (unpaired) electrons. The number of rotatable bonds is 3. The molecule has 0 amide bonds. The van der Waals surface area contributed by atoms with E-state index in [2.05, 4.69) is 26.1 Å². The maximum Gasteiger partial charge on any atom is 0.416 e. The number of nitrogens with zero attached hydrogens (tertiary/aromatic N) is 1. The van der Waals surface area contributed by atoms with Gasteiger partial charge in [0.05, 0.1) is 11.6 Å². The Morgan fingerprint density at radius 2 is 1.80 bits per heavy atom. The fourth-order valence-electron chi connectivity index (χ4n) is 2.88. The van der Waals surface area contributed by atoms with Crippen molar-refractivity contribution in [1.29, 1.82) is 0 Å². The molecule has 1 aromatic heterocycles. The Morgan fingerprint density at radius 3 is 2.36 bits per heavy atom. The molecule has 1 aliphatic rings. The van der Waals surface area contributed by atoms with Crippen molar-refractivity contribution in [3.05, 3.63) is 56.2 Å². The molecule has 25 heavy (non-hydrogen) atoms. The van der Waals surface area contributed by atoms with Gasteiger partial charge in [-0.1, -0.05) is 22.0 Å². The number of hydrogen-bond acceptors (Lipinski definition) is 3. The summed E-state index contributed by atoms with van der Waals surface area (Å²) >= 11 is 4.81. The number of thiophene rings is 1. The third kappa shape index (κ3) is 5.58. The molecule has 1 N–H and O–H groups in total. The molecule has 0 unspecified atom stereocenters. The van der Waals surface area contributed by atoms with Crippen molar-refractivity contribution < 1.29 is 13.2 Å². The van der Waals surface area contributed by atoms with Gasteiger partial charge in [-0.2, -0.15) is 13.2 Å². The highest BCUT2D eigenvalue weighted by Crippen LogP contribution is 2.38. The Morgan fingerprint density at radius 1 is 1.12 bits per heavy atom. The van der Waals surface area contributed by atoms with Crippen LogP contribution in [0.15, 0.2) is 40.2 Å². The van der Waals surface area contributed by atoms with E-state index < -0.39 is 11.7 Å². The lowest BCUT2D eigenvalue weighted by Gasteiger charge is -2.35. The van der Waals surface area contributed by atoms with Crippen LogP contribution >= 0.6 is 52.1 Å². The summed E-state index contributed by atoms with van der Waals surface area (Å²) in [5.74, 6) is 0. The second kappa shape index (κ2) is 9.58. The van der Waals surface area contributed by atoms with E-state index in [0.717, 1.165) is 37.1 Å². The van der Waals surface area contributed by atoms with Crippen LogP contribution in [0.4, 0.5) is 13.2 Å². The molecule has 2 nitrogen and oxygen atoms in total. The summed E-state index contributed by atoms with van der Waals surface area (Å²) in [6, 6.07) is 7.99. The maximum absolute atomic E-state index is 13.2. The van der Waals surface area contributed by atoms with Crippen molar-refractivity contribution >= 4 is 52.1 Å². The van der Waals surface area contributed by atoms with E-state index in [9.17, 15) is 13.2 Å². The van der Waals surface area contributed by atoms with Crippen LogP contribution in [0.3, 0.4) is 0 Å². The smallest absolute Gasteiger partial charge is 0.314 e. The Kier molecular flexibility index (Phi) is 8.71. The Labute approximate surface area is 169 Å². The van der Waals surface area contributed by atoms with Gasteiger partial charge in [-0.3, -0.25) is 4.90 Å². The van der Waals surface area contributed by atoms with Crippen molar-refractivity contribution in [2.75, 3.05) is 26.2 Å². The number of nitrogens with one attached hydrogen (secondary N) is 1. The maximum atomic E-state index is 13.2. The fourth-order valence-corrected chi connectivity index (χ4v) is 4.27. The number of hydrogen-bond donors (Lipinski definition) is 1. The number of benzene rings is 1. The van der Waals surface area contributed by atoms with Crippen molar-refractivity contribution in [2.24, 2.45) is 0 Å². The third-order valence-corrected chi connectivity index (χ3v) is 5.28. The van der Waals surface area contributed by atoms with Crippen LogP contribution in [0.2, 0.25) is 0 Å². The van der Waals surface area contributed by atoms with E-state index >= 15 is 0 Å². The minimum atomic E-state index is -4.35. The van der Waals surface area contributed by atoms with Crippen LogP contribution in [0.5, 0.6) is 0 Å². The molecule has 0 saturated carbocycles. The Hall–Kier alpha value is -0.310. The van der Waals surface area contributed by atoms with Crippen molar-refractivity contribution in [3.63, 3.8) is 0 Å². The van der Waals surface area contributed by atoms with Crippen LogP contribution in [-0.2, 0) is 6.18 Å². The Bertz CT molecular complexity index is 662. The second-order valence-electron chi connectivity index (χ2n) is 5.47. The van der Waals surface area contributed by atoms with Gasteiger partial charge in [-0.05, 0) is 35.2 Å². The van der Waals surface area contributed by atoms with Crippen LogP contribution in [-0.4, -0.2) is 31.1 Å². The van der Waals surface area contributed by atoms with E-state index in [1.54, 1.807) is 17.4 Å². The minimum Gasteiger partial charge on any atom is -0.314 e. The number of alkyl halides is 3. The monoisotopic (exact) mass is 476 g/mol. The summed E-state index contributed by atoms with van der Waals surface area (Å²) < 4.78 is 39.9. The molecule has 3 rings (SSSR count).